The number of benzene rings is 1. The van der Waals surface area contributed by atoms with Crippen LogP contribution in [-0.4, -0.2) is 56.8 Å². The highest BCUT2D eigenvalue weighted by atomic mass is 32.1. The van der Waals surface area contributed by atoms with E-state index in [2.05, 4.69) is 10.1 Å². The molecular formula is C22H22N6O4S. The molecule has 0 saturated carbocycles. The number of ether oxygens (including phenoxy) is 1. The molecule has 1 unspecified atom stereocenters. The van der Waals surface area contributed by atoms with Gasteiger partial charge in [0.2, 0.25) is 0 Å². The molecule has 0 spiro atoms. The monoisotopic (exact) mass is 466 g/mol. The van der Waals surface area contributed by atoms with Crippen LogP contribution >= 0.6 is 11.3 Å². The van der Waals surface area contributed by atoms with E-state index in [1.54, 1.807) is 60.5 Å². The van der Waals surface area contributed by atoms with Crippen LogP contribution in [-0.2, 0) is 11.3 Å². The van der Waals surface area contributed by atoms with Gasteiger partial charge in [0.25, 0.3) is 5.91 Å². The summed E-state index contributed by atoms with van der Waals surface area (Å²) >= 11 is 1.13. The summed E-state index contributed by atoms with van der Waals surface area (Å²) in [7, 11) is 3.44. The highest BCUT2D eigenvalue weighted by Crippen LogP contribution is 2.39. The molecule has 0 aliphatic carbocycles. The predicted molar refractivity (Wildman–Crippen MR) is 125 cm³/mol. The van der Waals surface area contributed by atoms with E-state index < -0.39 is 17.9 Å². The van der Waals surface area contributed by atoms with Crippen LogP contribution in [0.1, 0.15) is 9.67 Å². The Labute approximate surface area is 193 Å². The number of rotatable bonds is 8. The summed E-state index contributed by atoms with van der Waals surface area (Å²) in [5.41, 5.74) is 13.5. The van der Waals surface area contributed by atoms with Crippen molar-refractivity contribution in [1.82, 2.24) is 19.7 Å². The fraction of sp³-hybridized carbons (Fsp3) is 0.182. The number of carbonyl (C=O) groups is 2. The van der Waals surface area contributed by atoms with Crippen LogP contribution in [0.25, 0.3) is 21.3 Å². The molecule has 3 heterocycles. The van der Waals surface area contributed by atoms with E-state index >= 15 is 0 Å². The van der Waals surface area contributed by atoms with Crippen molar-refractivity contribution in [2.24, 2.45) is 5.73 Å². The number of aromatic nitrogens is 3. The van der Waals surface area contributed by atoms with E-state index in [9.17, 15) is 14.7 Å². The molecule has 4 rings (SSSR count). The van der Waals surface area contributed by atoms with Gasteiger partial charge in [-0.25, -0.2) is 4.98 Å². The lowest BCUT2D eigenvalue weighted by atomic mass is 10.1. The summed E-state index contributed by atoms with van der Waals surface area (Å²) < 4.78 is 7.62. The Kier molecular flexibility index (Phi) is 5.99. The van der Waals surface area contributed by atoms with Crippen molar-refractivity contribution >= 4 is 39.1 Å². The Morgan fingerprint density at radius 2 is 1.94 bits per heavy atom. The number of anilines is 1. The van der Waals surface area contributed by atoms with Gasteiger partial charge in [-0.15, -0.1) is 11.3 Å². The molecule has 10 nitrogen and oxygen atoms in total. The number of pyridine rings is 1. The molecule has 0 fully saturated rings. The minimum atomic E-state index is -0.905. The average Bonchev–Trinajstić information content (AvgIpc) is 3.37. The molecule has 0 bridgehead atoms. The van der Waals surface area contributed by atoms with Crippen molar-refractivity contribution in [3.05, 3.63) is 53.8 Å². The van der Waals surface area contributed by atoms with Gasteiger partial charge < -0.3 is 21.3 Å². The largest absolute Gasteiger partial charge is 0.480 e. The average molecular weight is 467 g/mol. The van der Waals surface area contributed by atoms with E-state index in [-0.39, 0.29) is 17.1 Å². The lowest BCUT2D eigenvalue weighted by Crippen LogP contribution is -2.39. The van der Waals surface area contributed by atoms with Crippen LogP contribution in [0.2, 0.25) is 0 Å². The minimum Gasteiger partial charge on any atom is -0.480 e. The van der Waals surface area contributed by atoms with Crippen LogP contribution in [0.15, 0.2) is 48.9 Å². The molecule has 170 valence electrons. The van der Waals surface area contributed by atoms with Crippen molar-refractivity contribution in [2.75, 3.05) is 19.8 Å². The van der Waals surface area contributed by atoms with Gasteiger partial charge in [-0.05, 0) is 37.9 Å². The maximum atomic E-state index is 11.6. The summed E-state index contributed by atoms with van der Waals surface area (Å²) in [4.78, 5) is 29.7. The second-order valence-electron chi connectivity index (χ2n) is 7.59. The first-order valence-electron chi connectivity index (χ1n) is 9.91. The third-order valence-corrected chi connectivity index (χ3v) is 6.26. The maximum Gasteiger partial charge on any atom is 0.322 e. The molecule has 4 aromatic rings. The quantitative estimate of drug-likeness (QED) is 0.359. The molecule has 0 aliphatic rings. The molecule has 1 amide bonds. The number of amides is 1. The number of hydrogen-bond donors (Lipinski definition) is 3. The predicted octanol–water partition coefficient (Wildman–Crippen LogP) is 2.65. The van der Waals surface area contributed by atoms with Gasteiger partial charge in [0.1, 0.15) is 27.2 Å². The zero-order chi connectivity index (χ0) is 23.7. The Morgan fingerprint density at radius 3 is 2.58 bits per heavy atom. The highest BCUT2D eigenvalue weighted by Gasteiger charge is 2.21. The van der Waals surface area contributed by atoms with Crippen LogP contribution in [0.4, 0.5) is 5.69 Å². The lowest BCUT2D eigenvalue weighted by Gasteiger charge is -2.19. The Balaban J connectivity index is 1.54. The summed E-state index contributed by atoms with van der Waals surface area (Å²) in [6.07, 6.45) is 5.08. The SMILES string of the molecule is CN(C)C(Cn1cc(-c2ccc(Oc3ccnc4sc(C(N)=O)c(N)c34)cc2)cn1)C(=O)O. The van der Waals surface area contributed by atoms with Crippen molar-refractivity contribution in [1.29, 1.82) is 0 Å². The summed E-state index contributed by atoms with van der Waals surface area (Å²) in [5.74, 6) is -0.460. The third kappa shape index (κ3) is 4.49. The van der Waals surface area contributed by atoms with Gasteiger partial charge >= 0.3 is 5.97 Å². The number of likely N-dealkylation sites (N-methyl/N-ethyl adjacent to an activating group) is 1. The van der Waals surface area contributed by atoms with Gasteiger partial charge in [0, 0.05) is 18.0 Å². The Bertz CT molecular complexity index is 1330. The fourth-order valence-corrected chi connectivity index (χ4v) is 4.31. The number of carboxylic acid groups (broad SMARTS) is 1. The van der Waals surface area contributed by atoms with Gasteiger partial charge in [-0.1, -0.05) is 12.1 Å². The molecular weight excluding hydrogens is 444 g/mol. The summed E-state index contributed by atoms with van der Waals surface area (Å²) in [5, 5.41) is 14.2. The van der Waals surface area contributed by atoms with E-state index in [1.165, 1.54) is 0 Å². The molecule has 1 atom stereocenters. The standard InChI is InChI=1S/C22H22N6O4S/c1-27(2)15(22(30)31)11-28-10-13(9-26-28)12-3-5-14(6-4-12)32-16-7-8-25-21-17(16)18(23)19(33-21)20(24)29/h3-10,15H,11,23H2,1-2H3,(H2,24,29)(H,30,31). The zero-order valence-electron chi connectivity index (χ0n) is 17.9. The number of fused-ring (bicyclic) bond motifs is 1. The Hall–Kier alpha value is -3.96. The highest BCUT2D eigenvalue weighted by molar-refractivity contribution is 7.21. The maximum absolute atomic E-state index is 11.6. The number of primary amides is 1. The molecule has 0 aliphatic heterocycles. The smallest absolute Gasteiger partial charge is 0.322 e. The number of nitrogen functional groups attached to an aromatic ring is 1. The van der Waals surface area contributed by atoms with Gasteiger partial charge in [0.15, 0.2) is 0 Å². The number of carboxylic acids is 1. The van der Waals surface area contributed by atoms with Gasteiger partial charge in [0.05, 0.1) is 23.8 Å². The van der Waals surface area contributed by atoms with Crippen LogP contribution in [0, 0.1) is 0 Å². The fourth-order valence-electron chi connectivity index (χ4n) is 3.38. The van der Waals surface area contributed by atoms with Gasteiger partial charge in [-0.3, -0.25) is 19.2 Å². The van der Waals surface area contributed by atoms with E-state index in [4.69, 9.17) is 16.2 Å². The van der Waals surface area contributed by atoms with Crippen LogP contribution in [0.3, 0.4) is 0 Å². The number of nitrogens with zero attached hydrogens (tertiary/aromatic N) is 4. The van der Waals surface area contributed by atoms with Crippen molar-refractivity contribution in [3.63, 3.8) is 0 Å². The first kappa shape index (κ1) is 22.2. The summed E-state index contributed by atoms with van der Waals surface area (Å²) in [6, 6.07) is 8.36. The first-order valence-corrected chi connectivity index (χ1v) is 10.7. The first-order chi connectivity index (χ1) is 15.7. The van der Waals surface area contributed by atoms with Crippen LogP contribution in [0.5, 0.6) is 11.5 Å². The number of thiophene rings is 1. The second kappa shape index (κ2) is 8.88. The molecule has 0 radical (unpaired) electrons. The minimum absolute atomic E-state index is 0.233. The lowest BCUT2D eigenvalue weighted by molar-refractivity contribution is -0.142. The Morgan fingerprint density at radius 1 is 1.21 bits per heavy atom. The van der Waals surface area contributed by atoms with E-state index in [0.29, 0.717) is 21.7 Å². The van der Waals surface area contributed by atoms with Gasteiger partial charge in [-0.2, -0.15) is 5.10 Å². The second-order valence-corrected chi connectivity index (χ2v) is 8.59. The number of carbonyl (C=O) groups excluding carboxylic acids is 1. The molecule has 33 heavy (non-hydrogen) atoms. The van der Waals surface area contributed by atoms with Crippen LogP contribution < -0.4 is 16.2 Å². The normalized spacial score (nSPS) is 12.2. The zero-order valence-corrected chi connectivity index (χ0v) is 18.7. The van der Waals surface area contributed by atoms with Crippen molar-refractivity contribution < 1.29 is 19.4 Å². The summed E-state index contributed by atoms with van der Waals surface area (Å²) in [6.45, 7) is 0.233. The number of aliphatic carboxylic acids is 1. The van der Waals surface area contributed by atoms with Crippen molar-refractivity contribution in [2.45, 2.75) is 12.6 Å². The molecule has 1 aromatic carbocycles. The molecule has 11 heteroatoms. The van der Waals surface area contributed by atoms with Crippen molar-refractivity contribution in [3.8, 4) is 22.6 Å². The number of hydrogen-bond acceptors (Lipinski definition) is 8. The number of nitrogens with two attached hydrogens (primary N) is 2. The van der Waals surface area contributed by atoms with E-state index in [0.717, 1.165) is 22.5 Å². The molecule has 0 saturated heterocycles. The molecule has 3 aromatic heterocycles. The molecule has 5 N–H and O–H groups in total. The topological polar surface area (TPSA) is 150 Å². The van der Waals surface area contributed by atoms with E-state index in [1.807, 2.05) is 12.1 Å². The third-order valence-electron chi connectivity index (χ3n) is 5.13.